The normalized spacial score (nSPS) is 57.2. The highest BCUT2D eigenvalue weighted by Gasteiger charge is 2.85. The first kappa shape index (κ1) is 19.9. The fourth-order valence-electron chi connectivity index (χ4n) is 8.53. The van der Waals surface area contributed by atoms with Gasteiger partial charge in [0.2, 0.25) is 0 Å². The summed E-state index contributed by atoms with van der Waals surface area (Å²) in [5.41, 5.74) is -1.97. The molecule has 1 spiro atoms. The van der Waals surface area contributed by atoms with E-state index in [0.717, 1.165) is 18.4 Å². The molecule has 0 unspecified atom stereocenters. The van der Waals surface area contributed by atoms with E-state index in [0.29, 0.717) is 12.8 Å². The summed E-state index contributed by atoms with van der Waals surface area (Å²) in [5, 5.41) is 22.0. The van der Waals surface area contributed by atoms with Crippen LogP contribution < -0.4 is 0 Å². The molecule has 0 amide bonds. The number of hydrogen-bond acceptors (Lipinski definition) is 5. The molecule has 5 heteroatoms. The van der Waals surface area contributed by atoms with Crippen molar-refractivity contribution in [2.75, 3.05) is 0 Å². The molecule has 29 heavy (non-hydrogen) atoms. The van der Waals surface area contributed by atoms with E-state index in [4.69, 9.17) is 4.74 Å². The van der Waals surface area contributed by atoms with E-state index in [1.54, 1.807) is 6.08 Å². The van der Waals surface area contributed by atoms with E-state index in [2.05, 4.69) is 20.8 Å². The van der Waals surface area contributed by atoms with Gasteiger partial charge in [-0.3, -0.25) is 9.59 Å². The zero-order valence-corrected chi connectivity index (χ0v) is 18.4. The van der Waals surface area contributed by atoms with Crippen LogP contribution in [-0.2, 0) is 14.3 Å². The van der Waals surface area contributed by atoms with Gasteiger partial charge in [-0.05, 0) is 61.0 Å². The molecular formula is C24H34O5. The van der Waals surface area contributed by atoms with Crippen LogP contribution >= 0.6 is 0 Å². The molecule has 160 valence electrons. The molecule has 5 rings (SSSR count). The summed E-state index contributed by atoms with van der Waals surface area (Å²) in [6, 6.07) is 0. The Morgan fingerprint density at radius 1 is 1.10 bits per heavy atom. The average Bonchev–Trinajstić information content (AvgIpc) is 3.32. The monoisotopic (exact) mass is 402 g/mol. The summed E-state index contributed by atoms with van der Waals surface area (Å²) in [5.74, 6) is -0.357. The van der Waals surface area contributed by atoms with Gasteiger partial charge in [0.25, 0.3) is 0 Å². The van der Waals surface area contributed by atoms with Gasteiger partial charge in [0.05, 0.1) is 23.7 Å². The third kappa shape index (κ3) is 1.82. The SMILES string of the molecule is CC(=O)[C@H]1C[C@@H](O)[C@@]2(C)[C@]34O[C@H]3C[C@H]3C(C)(C)[C@@H](O)CC[C@]3(C)C4=CC(=O)[C@]12C. The number of carbonyl (C=O) groups excluding carboxylic acids is 2. The van der Waals surface area contributed by atoms with Gasteiger partial charge < -0.3 is 14.9 Å². The number of epoxide rings is 1. The van der Waals surface area contributed by atoms with Crippen LogP contribution in [0, 0.1) is 33.5 Å². The summed E-state index contributed by atoms with van der Waals surface area (Å²) < 4.78 is 6.51. The number of Topliss-reactive ketones (excluding diaryl/α,β-unsaturated/α-hetero) is 1. The molecule has 0 aromatic carbocycles. The fraction of sp³-hybridized carbons (Fsp3) is 0.833. The predicted octanol–water partition coefficient (Wildman–Crippen LogP) is 2.82. The van der Waals surface area contributed by atoms with Gasteiger partial charge in [-0.15, -0.1) is 0 Å². The van der Waals surface area contributed by atoms with Crippen LogP contribution in [-0.4, -0.2) is 45.7 Å². The van der Waals surface area contributed by atoms with Crippen molar-refractivity contribution in [3.05, 3.63) is 11.6 Å². The van der Waals surface area contributed by atoms with Crippen molar-refractivity contribution < 1.29 is 24.5 Å². The smallest absolute Gasteiger partial charge is 0.163 e. The first-order valence-electron chi connectivity index (χ1n) is 11.1. The zero-order valence-electron chi connectivity index (χ0n) is 18.4. The van der Waals surface area contributed by atoms with Crippen LogP contribution in [0.25, 0.3) is 0 Å². The van der Waals surface area contributed by atoms with E-state index in [-0.39, 0.29) is 40.5 Å². The predicted molar refractivity (Wildman–Crippen MR) is 107 cm³/mol. The molecule has 5 aliphatic rings. The first-order valence-corrected chi connectivity index (χ1v) is 11.1. The van der Waals surface area contributed by atoms with E-state index in [1.807, 2.05) is 13.8 Å². The number of rotatable bonds is 1. The molecule has 1 heterocycles. The molecule has 0 radical (unpaired) electrons. The highest BCUT2D eigenvalue weighted by atomic mass is 16.6. The number of allylic oxidation sites excluding steroid dienone is 1. The largest absolute Gasteiger partial charge is 0.393 e. The number of ether oxygens (including phenoxy) is 1. The van der Waals surface area contributed by atoms with Gasteiger partial charge in [0.1, 0.15) is 11.4 Å². The second-order valence-electron chi connectivity index (χ2n) is 11.7. The minimum Gasteiger partial charge on any atom is -0.393 e. The van der Waals surface area contributed by atoms with Gasteiger partial charge >= 0.3 is 0 Å². The lowest BCUT2D eigenvalue weighted by atomic mass is 9.40. The highest BCUT2D eigenvalue weighted by Crippen LogP contribution is 2.79. The van der Waals surface area contributed by atoms with Crippen molar-refractivity contribution in [1.82, 2.24) is 0 Å². The zero-order chi connectivity index (χ0) is 21.4. The molecule has 4 fully saturated rings. The topological polar surface area (TPSA) is 87.1 Å². The number of fused-ring (bicyclic) bond motifs is 3. The standard InChI is InChI=1S/C24H34O5/c1-12(25)13-9-18(28)23(6)22(13,5)17(27)10-15-21(4)8-7-16(26)20(2,3)14(21)11-19-24(15,23)29-19/h10,13-14,16,18-19,26,28H,7-9,11H2,1-6H3/t13-,14+,16+,18-,19+,21+,22+,23-,24-/m1/s1. The van der Waals surface area contributed by atoms with Crippen molar-refractivity contribution in [2.24, 2.45) is 33.5 Å². The molecule has 3 saturated carbocycles. The second-order valence-corrected chi connectivity index (χ2v) is 11.7. The van der Waals surface area contributed by atoms with E-state index in [1.165, 1.54) is 6.92 Å². The van der Waals surface area contributed by atoms with Gasteiger partial charge in [-0.25, -0.2) is 0 Å². The molecule has 1 aliphatic heterocycles. The Kier molecular flexibility index (Phi) is 3.59. The van der Waals surface area contributed by atoms with Gasteiger partial charge in [-0.1, -0.05) is 34.6 Å². The summed E-state index contributed by atoms with van der Waals surface area (Å²) in [7, 11) is 0. The minimum absolute atomic E-state index is 0.0316. The van der Waals surface area contributed by atoms with E-state index in [9.17, 15) is 19.8 Å². The van der Waals surface area contributed by atoms with Crippen molar-refractivity contribution >= 4 is 11.6 Å². The lowest BCUT2D eigenvalue weighted by Crippen LogP contribution is -2.66. The van der Waals surface area contributed by atoms with Crippen molar-refractivity contribution in [3.63, 3.8) is 0 Å². The number of hydrogen-bond donors (Lipinski definition) is 2. The Bertz CT molecular complexity index is 859. The Morgan fingerprint density at radius 3 is 2.38 bits per heavy atom. The maximum atomic E-state index is 13.7. The molecule has 1 saturated heterocycles. The fourth-order valence-corrected chi connectivity index (χ4v) is 8.53. The summed E-state index contributed by atoms with van der Waals surface area (Å²) in [4.78, 5) is 26.2. The number of ketones is 2. The van der Waals surface area contributed by atoms with Crippen LogP contribution in [0.2, 0.25) is 0 Å². The molecular weight excluding hydrogens is 368 g/mol. The molecule has 4 aliphatic carbocycles. The Hall–Kier alpha value is -1.04. The summed E-state index contributed by atoms with van der Waals surface area (Å²) in [6.07, 6.45) is 3.21. The van der Waals surface area contributed by atoms with Crippen LogP contribution in [0.1, 0.15) is 67.2 Å². The van der Waals surface area contributed by atoms with Crippen molar-refractivity contribution in [2.45, 2.75) is 91.1 Å². The molecule has 9 atom stereocenters. The number of carbonyl (C=O) groups is 2. The maximum Gasteiger partial charge on any atom is 0.163 e. The van der Waals surface area contributed by atoms with E-state index >= 15 is 0 Å². The Labute approximate surface area is 172 Å². The van der Waals surface area contributed by atoms with Crippen LogP contribution in [0.4, 0.5) is 0 Å². The Morgan fingerprint density at radius 2 is 1.76 bits per heavy atom. The molecule has 0 aromatic heterocycles. The van der Waals surface area contributed by atoms with Crippen molar-refractivity contribution in [1.29, 1.82) is 0 Å². The third-order valence-corrected chi connectivity index (χ3v) is 10.6. The van der Waals surface area contributed by atoms with Crippen LogP contribution in [0.15, 0.2) is 11.6 Å². The molecule has 5 nitrogen and oxygen atoms in total. The quantitative estimate of drug-likeness (QED) is 0.659. The third-order valence-electron chi connectivity index (χ3n) is 10.6. The maximum absolute atomic E-state index is 13.7. The van der Waals surface area contributed by atoms with Gasteiger partial charge in [0.15, 0.2) is 5.78 Å². The lowest BCUT2D eigenvalue weighted by Gasteiger charge is -2.61. The van der Waals surface area contributed by atoms with Crippen molar-refractivity contribution in [3.8, 4) is 0 Å². The number of aliphatic hydroxyl groups is 2. The van der Waals surface area contributed by atoms with Crippen LogP contribution in [0.3, 0.4) is 0 Å². The number of aliphatic hydroxyl groups excluding tert-OH is 2. The molecule has 0 bridgehead atoms. The minimum atomic E-state index is -0.955. The molecule has 2 N–H and O–H groups in total. The summed E-state index contributed by atoms with van der Waals surface area (Å²) >= 11 is 0. The van der Waals surface area contributed by atoms with Crippen LogP contribution in [0.5, 0.6) is 0 Å². The Balaban J connectivity index is 1.73. The lowest BCUT2D eigenvalue weighted by molar-refractivity contribution is -0.152. The molecule has 0 aromatic rings. The summed E-state index contributed by atoms with van der Waals surface area (Å²) in [6.45, 7) is 11.9. The second kappa shape index (κ2) is 5.23. The van der Waals surface area contributed by atoms with Gasteiger partial charge in [-0.2, -0.15) is 0 Å². The van der Waals surface area contributed by atoms with Gasteiger partial charge in [0, 0.05) is 11.3 Å². The first-order chi connectivity index (χ1) is 13.3. The highest BCUT2D eigenvalue weighted by molar-refractivity contribution is 6.02. The van der Waals surface area contributed by atoms with E-state index < -0.39 is 28.5 Å². The average molecular weight is 403 g/mol.